The zero-order chi connectivity index (χ0) is 28.0. The maximum Gasteiger partial charge on any atom is 0.416 e. The summed E-state index contributed by atoms with van der Waals surface area (Å²) in [5.74, 6) is -0.793. The van der Waals surface area contributed by atoms with Crippen molar-refractivity contribution in [2.24, 2.45) is 5.92 Å². The summed E-state index contributed by atoms with van der Waals surface area (Å²) in [5.41, 5.74) is 0.755. The normalized spacial score (nSPS) is 15.9. The first-order valence-corrected chi connectivity index (χ1v) is 13.0. The van der Waals surface area contributed by atoms with Gasteiger partial charge in [0.1, 0.15) is 6.26 Å². The van der Waals surface area contributed by atoms with Gasteiger partial charge in [-0.25, -0.2) is 4.98 Å². The molecule has 1 fully saturated rings. The van der Waals surface area contributed by atoms with Gasteiger partial charge in [-0.3, -0.25) is 14.5 Å². The van der Waals surface area contributed by atoms with Crippen molar-refractivity contribution in [2.75, 3.05) is 19.7 Å². The quantitative estimate of drug-likeness (QED) is 0.299. The van der Waals surface area contributed by atoms with E-state index in [9.17, 15) is 22.8 Å². The van der Waals surface area contributed by atoms with E-state index < -0.39 is 11.7 Å². The molecule has 1 aliphatic heterocycles. The third-order valence-electron chi connectivity index (χ3n) is 6.44. The van der Waals surface area contributed by atoms with E-state index in [0.29, 0.717) is 36.5 Å². The number of rotatable bonds is 9. The summed E-state index contributed by atoms with van der Waals surface area (Å²) in [6.45, 7) is 3.48. The van der Waals surface area contributed by atoms with Gasteiger partial charge >= 0.3 is 12.1 Å². The lowest BCUT2D eigenvalue weighted by Gasteiger charge is -2.30. The number of likely N-dealkylation sites (tertiary alicyclic amines) is 1. The van der Waals surface area contributed by atoms with Crippen LogP contribution >= 0.6 is 11.6 Å². The van der Waals surface area contributed by atoms with Crippen molar-refractivity contribution in [1.29, 1.82) is 0 Å². The van der Waals surface area contributed by atoms with Gasteiger partial charge in [-0.2, -0.15) is 13.2 Å². The molecule has 39 heavy (non-hydrogen) atoms. The fraction of sp³-hybridized carbons (Fsp3) is 0.393. The number of ether oxygens (including phenoxy) is 1. The smallest absolute Gasteiger partial charge is 0.416 e. The summed E-state index contributed by atoms with van der Waals surface area (Å²) in [6.07, 6.45) is -1.85. The number of benzene rings is 2. The molecule has 0 unspecified atom stereocenters. The second-order valence-electron chi connectivity index (χ2n) is 9.44. The zero-order valence-corrected chi connectivity index (χ0v) is 22.2. The lowest BCUT2D eigenvalue weighted by molar-refractivity contribution is -0.149. The molecule has 0 aliphatic carbocycles. The number of esters is 1. The second-order valence-corrected chi connectivity index (χ2v) is 9.88. The molecule has 208 valence electrons. The molecule has 0 bridgehead atoms. The fourth-order valence-electron chi connectivity index (χ4n) is 4.57. The number of hydrogen-bond acceptors (Lipinski definition) is 6. The van der Waals surface area contributed by atoms with Crippen molar-refractivity contribution in [1.82, 2.24) is 14.8 Å². The van der Waals surface area contributed by atoms with Gasteiger partial charge in [0, 0.05) is 31.2 Å². The number of carbonyl (C=O) groups is 2. The first-order chi connectivity index (χ1) is 18.6. The average Bonchev–Trinajstić information content (AvgIpc) is 3.38. The largest absolute Gasteiger partial charge is 0.466 e. The maximum atomic E-state index is 13.3. The van der Waals surface area contributed by atoms with Crippen LogP contribution in [0.3, 0.4) is 0 Å². The molecular weight excluding hydrogens is 535 g/mol. The minimum absolute atomic E-state index is 0.111. The Morgan fingerprint density at radius 1 is 1.13 bits per heavy atom. The van der Waals surface area contributed by atoms with Gasteiger partial charge in [0.05, 0.1) is 24.6 Å². The van der Waals surface area contributed by atoms with Crippen molar-refractivity contribution in [2.45, 2.75) is 45.6 Å². The number of carbonyl (C=O) groups excluding carboxylic acids is 2. The summed E-state index contributed by atoms with van der Waals surface area (Å²) in [6, 6.07) is 12.3. The Morgan fingerprint density at radius 2 is 1.87 bits per heavy atom. The average molecular weight is 564 g/mol. The molecule has 1 saturated heterocycles. The van der Waals surface area contributed by atoms with Crippen molar-refractivity contribution >= 4 is 23.5 Å². The van der Waals surface area contributed by atoms with Crippen LogP contribution in [0.1, 0.15) is 52.8 Å². The molecule has 1 aliphatic rings. The van der Waals surface area contributed by atoms with Crippen molar-refractivity contribution < 1.29 is 31.9 Å². The summed E-state index contributed by atoms with van der Waals surface area (Å²) in [5, 5.41) is 0.571. The number of aromatic nitrogens is 1. The zero-order valence-electron chi connectivity index (χ0n) is 21.4. The molecule has 7 nitrogen and oxygen atoms in total. The van der Waals surface area contributed by atoms with E-state index in [-0.39, 0.29) is 55.6 Å². The highest BCUT2D eigenvalue weighted by Gasteiger charge is 2.32. The van der Waals surface area contributed by atoms with E-state index in [1.54, 1.807) is 30.0 Å². The summed E-state index contributed by atoms with van der Waals surface area (Å²) in [4.78, 5) is 33.1. The van der Waals surface area contributed by atoms with E-state index >= 15 is 0 Å². The van der Waals surface area contributed by atoms with Crippen LogP contribution in [0.25, 0.3) is 0 Å². The first kappa shape index (κ1) is 28.6. The number of oxazole rings is 1. The van der Waals surface area contributed by atoms with Crippen LogP contribution < -0.4 is 0 Å². The number of hydrogen-bond donors (Lipinski definition) is 0. The van der Waals surface area contributed by atoms with Crippen LogP contribution in [0.5, 0.6) is 0 Å². The SMILES string of the molecule is CCOC(=O)[C@@H]1CCCN(C(=O)c2coc(CN(Cc3ccc(Cl)cc3)Cc3cccc(C(F)(F)F)c3)n2)C1. The highest BCUT2D eigenvalue weighted by Crippen LogP contribution is 2.30. The van der Waals surface area contributed by atoms with Gasteiger partial charge in [-0.05, 0) is 49.1 Å². The molecule has 11 heteroatoms. The van der Waals surface area contributed by atoms with Gasteiger partial charge in [-0.15, -0.1) is 0 Å². The number of piperidine rings is 1. The predicted octanol–water partition coefficient (Wildman–Crippen LogP) is 5.96. The molecule has 0 saturated carbocycles. The Bertz CT molecular complexity index is 1280. The van der Waals surface area contributed by atoms with Crippen molar-refractivity contribution in [3.05, 3.63) is 88.1 Å². The van der Waals surface area contributed by atoms with Crippen LogP contribution in [0, 0.1) is 5.92 Å². The number of nitrogens with zero attached hydrogens (tertiary/aromatic N) is 3. The third-order valence-corrected chi connectivity index (χ3v) is 6.69. The van der Waals surface area contributed by atoms with Crippen LogP contribution in [0.4, 0.5) is 13.2 Å². The molecule has 0 radical (unpaired) electrons. The Hall–Kier alpha value is -3.37. The van der Waals surface area contributed by atoms with Crippen molar-refractivity contribution in [3.8, 4) is 0 Å². The summed E-state index contributed by atoms with van der Waals surface area (Å²) in [7, 11) is 0. The Morgan fingerprint density at radius 3 is 2.59 bits per heavy atom. The van der Waals surface area contributed by atoms with Gasteiger partial charge in [0.25, 0.3) is 5.91 Å². The second kappa shape index (κ2) is 12.7. The molecule has 3 aromatic rings. The molecule has 1 atom stereocenters. The lowest BCUT2D eigenvalue weighted by Crippen LogP contribution is -2.43. The number of halogens is 4. The minimum Gasteiger partial charge on any atom is -0.466 e. The lowest BCUT2D eigenvalue weighted by atomic mass is 9.98. The standard InChI is InChI=1S/C28H29ClF3N3O4/c1-2-38-27(37)21-6-4-12-35(16-21)26(36)24-18-39-25(33-24)17-34(14-19-8-10-23(29)11-9-19)15-20-5-3-7-22(13-20)28(30,31)32/h3,5,7-11,13,18,21H,2,4,6,12,14-17H2,1H3/t21-/m1/s1. The topological polar surface area (TPSA) is 75.9 Å². The summed E-state index contributed by atoms with van der Waals surface area (Å²) >= 11 is 6.00. The first-order valence-electron chi connectivity index (χ1n) is 12.7. The van der Waals surface area contributed by atoms with Gasteiger partial charge in [0.15, 0.2) is 5.69 Å². The Labute approximate surface area is 229 Å². The minimum atomic E-state index is -4.45. The van der Waals surface area contributed by atoms with Crippen LogP contribution in [-0.4, -0.2) is 46.4 Å². The van der Waals surface area contributed by atoms with E-state index in [1.807, 2.05) is 17.0 Å². The molecule has 4 rings (SSSR count). The summed E-state index contributed by atoms with van der Waals surface area (Å²) < 4.78 is 50.5. The molecule has 1 amide bonds. The number of alkyl halides is 3. The monoisotopic (exact) mass is 563 g/mol. The molecule has 0 N–H and O–H groups in total. The van der Waals surface area contributed by atoms with Crippen molar-refractivity contribution in [3.63, 3.8) is 0 Å². The fourth-order valence-corrected chi connectivity index (χ4v) is 4.70. The van der Waals surface area contributed by atoms with Crippen LogP contribution in [0.2, 0.25) is 5.02 Å². The highest BCUT2D eigenvalue weighted by molar-refractivity contribution is 6.30. The van der Waals surface area contributed by atoms with E-state index in [2.05, 4.69) is 4.98 Å². The van der Waals surface area contributed by atoms with Gasteiger partial charge in [0.2, 0.25) is 5.89 Å². The van der Waals surface area contributed by atoms with E-state index in [4.69, 9.17) is 20.8 Å². The van der Waals surface area contributed by atoms with E-state index in [0.717, 1.165) is 17.7 Å². The van der Waals surface area contributed by atoms with Crippen LogP contribution in [-0.2, 0) is 35.3 Å². The molecule has 2 aromatic carbocycles. The predicted molar refractivity (Wildman–Crippen MR) is 138 cm³/mol. The highest BCUT2D eigenvalue weighted by atomic mass is 35.5. The van der Waals surface area contributed by atoms with Gasteiger partial charge < -0.3 is 14.1 Å². The van der Waals surface area contributed by atoms with E-state index in [1.165, 1.54) is 12.3 Å². The molecule has 2 heterocycles. The Balaban J connectivity index is 1.49. The Kier molecular flexibility index (Phi) is 9.29. The number of amides is 1. The molecule has 1 aromatic heterocycles. The maximum absolute atomic E-state index is 13.3. The third kappa shape index (κ3) is 7.83. The van der Waals surface area contributed by atoms with Gasteiger partial charge in [-0.1, -0.05) is 41.9 Å². The van der Waals surface area contributed by atoms with Crippen LogP contribution in [0.15, 0.2) is 59.2 Å². The molecule has 0 spiro atoms. The molecular formula is C28H29ClF3N3O4.